The third-order valence-electron chi connectivity index (χ3n) is 3.82. The molecule has 1 aliphatic heterocycles. The Morgan fingerprint density at radius 2 is 2.04 bits per heavy atom. The Morgan fingerprint density at radius 1 is 1.32 bits per heavy atom. The number of carbonyl (C=O) groups is 1. The van der Waals surface area contributed by atoms with Gasteiger partial charge in [0.05, 0.1) is 18.3 Å². The molecule has 0 bridgehead atoms. The van der Waals surface area contributed by atoms with Crippen molar-refractivity contribution in [1.29, 1.82) is 0 Å². The zero-order chi connectivity index (χ0) is 18.2. The number of carbonyl (C=O) groups excluding carboxylic acids is 1. The van der Waals surface area contributed by atoms with E-state index in [0.29, 0.717) is 19.0 Å². The quantitative estimate of drug-likeness (QED) is 0.784. The monoisotopic (exact) mass is 350 g/mol. The van der Waals surface area contributed by atoms with Gasteiger partial charge in [-0.2, -0.15) is 0 Å². The average Bonchev–Trinajstić information content (AvgIpc) is 2.53. The highest BCUT2D eigenvalue weighted by Gasteiger charge is 2.21. The van der Waals surface area contributed by atoms with Crippen LogP contribution in [0.5, 0.6) is 5.88 Å². The number of nitrogens with zero attached hydrogens (tertiary/aromatic N) is 2. The molecule has 7 nitrogen and oxygen atoms in total. The lowest BCUT2D eigenvalue weighted by atomic mass is 10.2. The fourth-order valence-electron chi connectivity index (χ4n) is 2.87. The Hall–Kier alpha value is -1.86. The fraction of sp³-hybridized carbons (Fsp3) is 0.667. The maximum atomic E-state index is 11.9. The lowest BCUT2D eigenvalue weighted by Gasteiger charge is -2.35. The van der Waals surface area contributed by atoms with Crippen molar-refractivity contribution in [2.75, 3.05) is 26.2 Å². The smallest absolute Gasteiger partial charge is 0.315 e. The topological polar surface area (TPSA) is 75.7 Å². The van der Waals surface area contributed by atoms with Crippen LogP contribution < -0.4 is 15.4 Å². The molecule has 25 heavy (non-hydrogen) atoms. The summed E-state index contributed by atoms with van der Waals surface area (Å²) in [5.41, 5.74) is 0.932. The number of ether oxygens (including phenoxy) is 2. The number of aromatic nitrogens is 1. The zero-order valence-corrected chi connectivity index (χ0v) is 15.6. The Balaban J connectivity index is 1.63. The van der Waals surface area contributed by atoms with Gasteiger partial charge in [-0.15, -0.1) is 0 Å². The van der Waals surface area contributed by atoms with Crippen molar-refractivity contribution in [2.24, 2.45) is 0 Å². The SMILES string of the molecule is CC(C)Oc1ccc(CNC(=O)NCCN2CC(C)OC(C)C2)cn1. The van der Waals surface area contributed by atoms with Gasteiger partial charge in [0, 0.05) is 45.0 Å². The van der Waals surface area contributed by atoms with Gasteiger partial charge in [0.2, 0.25) is 5.88 Å². The van der Waals surface area contributed by atoms with E-state index in [1.54, 1.807) is 6.20 Å². The van der Waals surface area contributed by atoms with Crippen LogP contribution in [0.3, 0.4) is 0 Å². The van der Waals surface area contributed by atoms with Crippen molar-refractivity contribution in [3.63, 3.8) is 0 Å². The summed E-state index contributed by atoms with van der Waals surface area (Å²) in [5, 5.41) is 5.73. The molecule has 1 aromatic heterocycles. The first-order valence-corrected chi connectivity index (χ1v) is 8.93. The minimum Gasteiger partial charge on any atom is -0.475 e. The minimum atomic E-state index is -0.170. The van der Waals surface area contributed by atoms with Crippen LogP contribution >= 0.6 is 0 Å². The molecule has 7 heteroatoms. The number of amides is 2. The highest BCUT2D eigenvalue weighted by molar-refractivity contribution is 5.73. The number of hydrogen-bond acceptors (Lipinski definition) is 5. The van der Waals surface area contributed by atoms with Gasteiger partial charge in [0.15, 0.2) is 0 Å². The zero-order valence-electron chi connectivity index (χ0n) is 15.6. The van der Waals surface area contributed by atoms with Crippen molar-refractivity contribution >= 4 is 6.03 Å². The Morgan fingerprint density at radius 3 is 2.64 bits per heavy atom. The molecule has 0 saturated carbocycles. The molecule has 0 aliphatic carbocycles. The Labute approximate surface area is 150 Å². The minimum absolute atomic E-state index is 0.0969. The Kier molecular flexibility index (Phi) is 7.46. The van der Waals surface area contributed by atoms with E-state index in [9.17, 15) is 4.79 Å². The molecule has 0 radical (unpaired) electrons. The first-order valence-electron chi connectivity index (χ1n) is 8.93. The summed E-state index contributed by atoms with van der Waals surface area (Å²) in [6.07, 6.45) is 2.30. The van der Waals surface area contributed by atoms with Gasteiger partial charge in [-0.25, -0.2) is 9.78 Å². The lowest BCUT2D eigenvalue weighted by Crippen LogP contribution is -2.48. The van der Waals surface area contributed by atoms with Crippen molar-refractivity contribution in [3.05, 3.63) is 23.9 Å². The summed E-state index contributed by atoms with van der Waals surface area (Å²) < 4.78 is 11.2. The standard InChI is InChI=1S/C18H30N4O3/c1-13(2)24-17-6-5-16(9-20-17)10-21-18(23)19-7-8-22-11-14(3)25-15(4)12-22/h5-6,9,13-15H,7-8,10-12H2,1-4H3,(H2,19,21,23). The fourth-order valence-corrected chi connectivity index (χ4v) is 2.87. The van der Waals surface area contributed by atoms with Crippen molar-refractivity contribution in [1.82, 2.24) is 20.5 Å². The highest BCUT2D eigenvalue weighted by Crippen LogP contribution is 2.10. The summed E-state index contributed by atoms with van der Waals surface area (Å²) in [6, 6.07) is 3.55. The van der Waals surface area contributed by atoms with E-state index in [1.807, 2.05) is 26.0 Å². The normalized spacial score (nSPS) is 21.2. The van der Waals surface area contributed by atoms with Gasteiger partial charge in [0.25, 0.3) is 0 Å². The molecule has 2 N–H and O–H groups in total. The molecule has 2 unspecified atom stereocenters. The van der Waals surface area contributed by atoms with Crippen LogP contribution in [0, 0.1) is 0 Å². The highest BCUT2D eigenvalue weighted by atomic mass is 16.5. The average molecular weight is 350 g/mol. The number of morpholine rings is 1. The molecule has 2 rings (SSSR count). The number of pyridine rings is 1. The predicted molar refractivity (Wildman–Crippen MR) is 96.7 cm³/mol. The summed E-state index contributed by atoms with van der Waals surface area (Å²) in [4.78, 5) is 18.4. The molecular formula is C18H30N4O3. The van der Waals surface area contributed by atoms with E-state index < -0.39 is 0 Å². The van der Waals surface area contributed by atoms with Gasteiger partial charge in [-0.05, 0) is 33.3 Å². The van der Waals surface area contributed by atoms with Crippen molar-refractivity contribution in [2.45, 2.75) is 52.6 Å². The van der Waals surface area contributed by atoms with Crippen molar-refractivity contribution < 1.29 is 14.3 Å². The maximum absolute atomic E-state index is 11.9. The number of hydrogen-bond donors (Lipinski definition) is 2. The van der Waals surface area contributed by atoms with Crippen LogP contribution in [0.2, 0.25) is 0 Å². The second-order valence-corrected chi connectivity index (χ2v) is 6.80. The molecular weight excluding hydrogens is 320 g/mol. The maximum Gasteiger partial charge on any atom is 0.315 e. The van der Waals surface area contributed by atoms with Gasteiger partial charge in [-0.3, -0.25) is 4.90 Å². The van der Waals surface area contributed by atoms with Crippen LogP contribution in [-0.2, 0) is 11.3 Å². The van der Waals surface area contributed by atoms with Crippen LogP contribution in [0.4, 0.5) is 4.79 Å². The molecule has 1 aromatic rings. The van der Waals surface area contributed by atoms with Crippen LogP contribution in [-0.4, -0.2) is 60.4 Å². The summed E-state index contributed by atoms with van der Waals surface area (Å²) in [7, 11) is 0. The second-order valence-electron chi connectivity index (χ2n) is 6.80. The third kappa shape index (κ3) is 7.27. The predicted octanol–water partition coefficient (Wildman–Crippen LogP) is 1.78. The molecule has 140 valence electrons. The molecule has 0 spiro atoms. The molecule has 1 saturated heterocycles. The second kappa shape index (κ2) is 9.58. The molecule has 2 heterocycles. The van der Waals surface area contributed by atoms with Crippen molar-refractivity contribution in [3.8, 4) is 5.88 Å². The Bertz CT molecular complexity index is 526. The van der Waals surface area contributed by atoms with E-state index in [1.165, 1.54) is 0 Å². The number of urea groups is 1. The van der Waals surface area contributed by atoms with Crippen LogP contribution in [0.1, 0.15) is 33.3 Å². The van der Waals surface area contributed by atoms with E-state index in [4.69, 9.17) is 9.47 Å². The lowest BCUT2D eigenvalue weighted by molar-refractivity contribution is -0.0672. The van der Waals surface area contributed by atoms with Gasteiger partial charge < -0.3 is 20.1 Å². The number of rotatable bonds is 7. The van der Waals surface area contributed by atoms with Gasteiger partial charge in [-0.1, -0.05) is 6.07 Å². The molecule has 1 fully saturated rings. The van der Waals surface area contributed by atoms with E-state index >= 15 is 0 Å². The van der Waals surface area contributed by atoms with E-state index in [-0.39, 0.29) is 24.3 Å². The van der Waals surface area contributed by atoms with Crippen LogP contribution in [0.15, 0.2) is 18.3 Å². The first-order chi connectivity index (χ1) is 11.9. The first kappa shape index (κ1) is 19.5. The van der Waals surface area contributed by atoms with Crippen LogP contribution in [0.25, 0.3) is 0 Å². The van der Waals surface area contributed by atoms with E-state index in [2.05, 4.69) is 34.4 Å². The molecule has 2 amide bonds. The molecule has 1 aliphatic rings. The molecule has 2 atom stereocenters. The van der Waals surface area contributed by atoms with Gasteiger partial charge >= 0.3 is 6.03 Å². The summed E-state index contributed by atoms with van der Waals surface area (Å²) >= 11 is 0. The summed E-state index contributed by atoms with van der Waals surface area (Å²) in [6.45, 7) is 11.8. The largest absolute Gasteiger partial charge is 0.475 e. The summed E-state index contributed by atoms with van der Waals surface area (Å²) in [5.74, 6) is 0.595. The number of nitrogens with one attached hydrogen (secondary N) is 2. The van der Waals surface area contributed by atoms with Gasteiger partial charge in [0.1, 0.15) is 0 Å². The van der Waals surface area contributed by atoms with E-state index in [0.717, 1.165) is 25.2 Å². The third-order valence-corrected chi connectivity index (χ3v) is 3.82. The molecule has 0 aromatic carbocycles.